The standard InChI is InChI=1S/C14H22N2O3/c1-9(2)10-11(17)15-13(19)16(12(10)18)14(3)7-5-4-6-8-14/h9-10H,4-8H2,1-3H3,(H,15,17,19). The minimum atomic E-state index is -0.739. The van der Waals surface area contributed by atoms with Crippen LogP contribution in [-0.2, 0) is 9.59 Å². The Morgan fingerprint density at radius 3 is 2.26 bits per heavy atom. The summed E-state index contributed by atoms with van der Waals surface area (Å²) in [4.78, 5) is 37.7. The number of carbonyl (C=O) groups excluding carboxylic acids is 3. The third kappa shape index (κ3) is 2.38. The maximum atomic E-state index is 12.5. The van der Waals surface area contributed by atoms with E-state index in [2.05, 4.69) is 5.32 Å². The second kappa shape index (κ2) is 4.94. The summed E-state index contributed by atoms with van der Waals surface area (Å²) in [5.41, 5.74) is -0.437. The zero-order valence-corrected chi connectivity index (χ0v) is 11.9. The maximum absolute atomic E-state index is 12.5. The van der Waals surface area contributed by atoms with Crippen LogP contribution in [0.2, 0.25) is 0 Å². The molecule has 1 aliphatic carbocycles. The summed E-state index contributed by atoms with van der Waals surface area (Å²) in [5, 5.41) is 2.34. The zero-order chi connectivity index (χ0) is 14.2. The SMILES string of the molecule is CC(C)C1C(=O)NC(=O)N(C2(C)CCCCC2)C1=O. The van der Waals surface area contributed by atoms with Gasteiger partial charge in [0.1, 0.15) is 5.92 Å². The van der Waals surface area contributed by atoms with Crippen LogP contribution in [0.25, 0.3) is 0 Å². The van der Waals surface area contributed by atoms with Gasteiger partial charge in [-0.25, -0.2) is 4.79 Å². The molecule has 0 spiro atoms. The molecule has 0 aromatic heterocycles. The number of hydrogen-bond acceptors (Lipinski definition) is 3. The van der Waals surface area contributed by atoms with Gasteiger partial charge in [-0.15, -0.1) is 0 Å². The topological polar surface area (TPSA) is 66.5 Å². The molecule has 5 nitrogen and oxygen atoms in total. The normalized spacial score (nSPS) is 27.7. The van der Waals surface area contributed by atoms with Crippen molar-refractivity contribution in [2.24, 2.45) is 11.8 Å². The van der Waals surface area contributed by atoms with Gasteiger partial charge in [0.2, 0.25) is 11.8 Å². The van der Waals surface area contributed by atoms with Crippen LogP contribution in [0, 0.1) is 11.8 Å². The minimum absolute atomic E-state index is 0.102. The molecule has 1 aliphatic heterocycles. The van der Waals surface area contributed by atoms with E-state index in [1.807, 2.05) is 20.8 Å². The lowest BCUT2D eigenvalue weighted by molar-refractivity contribution is -0.149. The van der Waals surface area contributed by atoms with Crippen molar-refractivity contribution in [3.8, 4) is 0 Å². The highest BCUT2D eigenvalue weighted by atomic mass is 16.2. The third-order valence-corrected chi connectivity index (χ3v) is 4.34. The van der Waals surface area contributed by atoms with Gasteiger partial charge in [-0.3, -0.25) is 19.8 Å². The van der Waals surface area contributed by atoms with E-state index in [9.17, 15) is 14.4 Å². The molecule has 2 rings (SSSR count). The van der Waals surface area contributed by atoms with E-state index in [-0.39, 0.29) is 11.8 Å². The van der Waals surface area contributed by atoms with Gasteiger partial charge in [0, 0.05) is 5.54 Å². The Morgan fingerprint density at radius 1 is 1.16 bits per heavy atom. The molecule has 1 saturated heterocycles. The van der Waals surface area contributed by atoms with Crippen molar-refractivity contribution in [2.45, 2.75) is 58.4 Å². The average molecular weight is 266 g/mol. The summed E-state index contributed by atoms with van der Waals surface area (Å²) in [5.74, 6) is -1.62. The minimum Gasteiger partial charge on any atom is -0.277 e. The Morgan fingerprint density at radius 2 is 1.74 bits per heavy atom. The summed E-state index contributed by atoms with van der Waals surface area (Å²) in [6.45, 7) is 5.62. The van der Waals surface area contributed by atoms with E-state index in [0.717, 1.165) is 32.1 Å². The van der Waals surface area contributed by atoms with Crippen LogP contribution in [0.5, 0.6) is 0 Å². The average Bonchev–Trinajstić information content (AvgIpc) is 2.27. The second-order valence-corrected chi connectivity index (χ2v) is 6.25. The molecule has 1 atom stereocenters. The van der Waals surface area contributed by atoms with E-state index >= 15 is 0 Å². The Kier molecular flexibility index (Phi) is 3.65. The Labute approximate surface area is 113 Å². The molecule has 2 aliphatic rings. The highest BCUT2D eigenvalue weighted by Gasteiger charge is 2.49. The van der Waals surface area contributed by atoms with Gasteiger partial charge < -0.3 is 0 Å². The van der Waals surface area contributed by atoms with Crippen LogP contribution >= 0.6 is 0 Å². The quantitative estimate of drug-likeness (QED) is 0.778. The number of imide groups is 2. The fourth-order valence-electron chi connectivity index (χ4n) is 3.23. The maximum Gasteiger partial charge on any atom is 0.331 e. The smallest absolute Gasteiger partial charge is 0.277 e. The molecule has 19 heavy (non-hydrogen) atoms. The fraction of sp³-hybridized carbons (Fsp3) is 0.786. The van der Waals surface area contributed by atoms with Crippen molar-refractivity contribution in [1.29, 1.82) is 0 Å². The Balaban J connectivity index is 2.30. The van der Waals surface area contributed by atoms with E-state index in [1.165, 1.54) is 4.90 Å². The molecule has 1 saturated carbocycles. The van der Waals surface area contributed by atoms with Gasteiger partial charge in [0.05, 0.1) is 0 Å². The summed E-state index contributed by atoms with van der Waals surface area (Å²) in [6, 6.07) is -0.545. The zero-order valence-electron chi connectivity index (χ0n) is 11.9. The van der Waals surface area contributed by atoms with Crippen molar-refractivity contribution >= 4 is 17.8 Å². The lowest BCUT2D eigenvalue weighted by Gasteiger charge is -2.45. The second-order valence-electron chi connectivity index (χ2n) is 6.25. The lowest BCUT2D eigenvalue weighted by Crippen LogP contribution is -2.66. The van der Waals surface area contributed by atoms with Crippen LogP contribution in [0.4, 0.5) is 4.79 Å². The number of hydrogen-bond donors (Lipinski definition) is 1. The molecular weight excluding hydrogens is 244 g/mol. The molecular formula is C14H22N2O3. The van der Waals surface area contributed by atoms with Crippen molar-refractivity contribution in [2.75, 3.05) is 0 Å². The number of rotatable bonds is 2. The third-order valence-electron chi connectivity index (χ3n) is 4.34. The Bertz CT molecular complexity index is 411. The Hall–Kier alpha value is -1.39. The van der Waals surface area contributed by atoms with Crippen molar-refractivity contribution < 1.29 is 14.4 Å². The summed E-state index contributed by atoms with van der Waals surface area (Å²) in [7, 11) is 0. The summed E-state index contributed by atoms with van der Waals surface area (Å²) < 4.78 is 0. The summed E-state index contributed by atoms with van der Waals surface area (Å²) in [6.07, 6.45) is 4.84. The highest BCUT2D eigenvalue weighted by Crippen LogP contribution is 2.36. The summed E-state index contributed by atoms with van der Waals surface area (Å²) >= 11 is 0. The van der Waals surface area contributed by atoms with E-state index in [0.29, 0.717) is 0 Å². The molecule has 2 fully saturated rings. The molecule has 1 unspecified atom stereocenters. The van der Waals surface area contributed by atoms with Crippen LogP contribution in [0.1, 0.15) is 52.9 Å². The van der Waals surface area contributed by atoms with Crippen molar-refractivity contribution in [3.63, 3.8) is 0 Å². The number of amides is 4. The van der Waals surface area contributed by atoms with Crippen LogP contribution < -0.4 is 5.32 Å². The van der Waals surface area contributed by atoms with Gasteiger partial charge >= 0.3 is 6.03 Å². The van der Waals surface area contributed by atoms with Gasteiger partial charge in [-0.2, -0.15) is 0 Å². The molecule has 0 aromatic carbocycles. The molecule has 0 aromatic rings. The predicted molar refractivity (Wildman–Crippen MR) is 70.2 cm³/mol. The van der Waals surface area contributed by atoms with Crippen LogP contribution in [0.3, 0.4) is 0 Å². The molecule has 0 radical (unpaired) electrons. The first-order chi connectivity index (χ1) is 8.87. The van der Waals surface area contributed by atoms with E-state index < -0.39 is 23.4 Å². The van der Waals surface area contributed by atoms with Crippen LogP contribution in [-0.4, -0.2) is 28.3 Å². The van der Waals surface area contributed by atoms with Crippen molar-refractivity contribution in [1.82, 2.24) is 10.2 Å². The first-order valence-corrected chi connectivity index (χ1v) is 7.06. The first kappa shape index (κ1) is 14.0. The molecule has 4 amide bonds. The first-order valence-electron chi connectivity index (χ1n) is 7.06. The molecule has 1 heterocycles. The number of barbiturate groups is 1. The highest BCUT2D eigenvalue weighted by molar-refractivity contribution is 6.16. The van der Waals surface area contributed by atoms with Gasteiger partial charge in [0.15, 0.2) is 0 Å². The van der Waals surface area contributed by atoms with Gasteiger partial charge in [-0.05, 0) is 25.7 Å². The molecule has 0 bridgehead atoms. The number of urea groups is 1. The molecule has 5 heteroatoms. The number of nitrogens with one attached hydrogen (secondary N) is 1. The fourth-order valence-corrected chi connectivity index (χ4v) is 3.23. The largest absolute Gasteiger partial charge is 0.331 e. The van der Waals surface area contributed by atoms with Crippen LogP contribution in [0.15, 0.2) is 0 Å². The lowest BCUT2D eigenvalue weighted by atomic mass is 9.80. The molecule has 1 N–H and O–H groups in total. The number of carbonyl (C=O) groups is 3. The monoisotopic (exact) mass is 266 g/mol. The van der Waals surface area contributed by atoms with Gasteiger partial charge in [-0.1, -0.05) is 33.1 Å². The van der Waals surface area contributed by atoms with E-state index in [1.54, 1.807) is 0 Å². The van der Waals surface area contributed by atoms with E-state index in [4.69, 9.17) is 0 Å². The molecule has 106 valence electrons. The predicted octanol–water partition coefficient (Wildman–Crippen LogP) is 2.06. The number of nitrogens with zero attached hydrogens (tertiary/aromatic N) is 1. The van der Waals surface area contributed by atoms with Crippen molar-refractivity contribution in [3.05, 3.63) is 0 Å². The van der Waals surface area contributed by atoms with Gasteiger partial charge in [0.25, 0.3) is 0 Å².